The highest BCUT2D eigenvalue weighted by molar-refractivity contribution is 7.88. The summed E-state index contributed by atoms with van der Waals surface area (Å²) in [5.74, 6) is -0.204. The van der Waals surface area contributed by atoms with Crippen molar-refractivity contribution in [3.05, 3.63) is 59.3 Å². The van der Waals surface area contributed by atoms with E-state index in [0.717, 1.165) is 35.8 Å². The summed E-state index contributed by atoms with van der Waals surface area (Å²) in [6.45, 7) is 0. The summed E-state index contributed by atoms with van der Waals surface area (Å²) < 4.78 is 33.4. The van der Waals surface area contributed by atoms with Gasteiger partial charge >= 0.3 is 0 Å². The number of aryl methyl sites for hydroxylation is 1. The van der Waals surface area contributed by atoms with E-state index in [2.05, 4.69) is 9.88 Å². The van der Waals surface area contributed by atoms with Crippen LogP contribution in [0.25, 0.3) is 11.0 Å². The topological polar surface area (TPSA) is 98.2 Å². The van der Waals surface area contributed by atoms with Gasteiger partial charge < -0.3 is 10.3 Å². The van der Waals surface area contributed by atoms with Crippen LogP contribution in [0.15, 0.2) is 47.0 Å². The van der Waals surface area contributed by atoms with Gasteiger partial charge in [0.25, 0.3) is 0 Å². The van der Waals surface area contributed by atoms with E-state index in [9.17, 15) is 8.42 Å². The Kier molecular flexibility index (Phi) is 5.22. The van der Waals surface area contributed by atoms with E-state index in [1.807, 2.05) is 36.4 Å². The van der Waals surface area contributed by atoms with Gasteiger partial charge in [0.15, 0.2) is 5.58 Å². The SMILES string of the molecule is Cl.Nc1ccc2c(c1)CCCC2NS(=O)(=O)Cc1noc2ccccc12. The fourth-order valence-corrected chi connectivity index (χ4v) is 4.77. The number of benzene rings is 2. The third-order valence-corrected chi connectivity index (χ3v) is 5.88. The summed E-state index contributed by atoms with van der Waals surface area (Å²) in [4.78, 5) is 0. The molecule has 0 saturated heterocycles. The number of hydrogen-bond acceptors (Lipinski definition) is 5. The van der Waals surface area contributed by atoms with E-state index in [4.69, 9.17) is 10.3 Å². The maximum absolute atomic E-state index is 12.7. The summed E-state index contributed by atoms with van der Waals surface area (Å²) in [5.41, 5.74) is 9.69. The molecule has 3 N–H and O–H groups in total. The molecule has 0 spiro atoms. The second-order valence-corrected chi connectivity index (χ2v) is 8.16. The molecule has 8 heteroatoms. The van der Waals surface area contributed by atoms with Crippen molar-refractivity contribution in [2.75, 3.05) is 5.73 Å². The first kappa shape index (κ1) is 18.7. The molecule has 3 aromatic rings. The fourth-order valence-electron chi connectivity index (χ4n) is 3.44. The van der Waals surface area contributed by atoms with E-state index in [1.54, 1.807) is 6.07 Å². The normalized spacial score (nSPS) is 16.8. The first-order chi connectivity index (χ1) is 12.0. The summed E-state index contributed by atoms with van der Waals surface area (Å²) >= 11 is 0. The van der Waals surface area contributed by atoms with E-state index in [-0.39, 0.29) is 24.2 Å². The van der Waals surface area contributed by atoms with Crippen LogP contribution in [-0.4, -0.2) is 13.6 Å². The fraction of sp³-hybridized carbons (Fsp3) is 0.278. The van der Waals surface area contributed by atoms with Crippen LogP contribution in [0.4, 0.5) is 5.69 Å². The molecule has 0 radical (unpaired) electrons. The molecule has 0 amide bonds. The lowest BCUT2D eigenvalue weighted by Gasteiger charge is -2.26. The van der Waals surface area contributed by atoms with Gasteiger partial charge in [-0.05, 0) is 54.7 Å². The quantitative estimate of drug-likeness (QED) is 0.662. The zero-order valence-corrected chi connectivity index (χ0v) is 15.6. The summed E-state index contributed by atoms with van der Waals surface area (Å²) in [6.07, 6.45) is 2.62. The van der Waals surface area contributed by atoms with Crippen LogP contribution in [0.1, 0.15) is 35.7 Å². The van der Waals surface area contributed by atoms with Crippen LogP contribution >= 0.6 is 12.4 Å². The highest BCUT2D eigenvalue weighted by atomic mass is 35.5. The molecule has 1 unspecified atom stereocenters. The predicted octanol–water partition coefficient (Wildman–Crippen LogP) is 3.33. The van der Waals surface area contributed by atoms with Crippen molar-refractivity contribution in [1.82, 2.24) is 9.88 Å². The van der Waals surface area contributed by atoms with Crippen molar-refractivity contribution in [3.8, 4) is 0 Å². The Balaban J connectivity index is 0.00000196. The molecule has 1 aliphatic rings. The monoisotopic (exact) mass is 393 g/mol. The first-order valence-corrected chi connectivity index (χ1v) is 9.89. The molecule has 1 aliphatic carbocycles. The second kappa shape index (κ2) is 7.26. The lowest BCUT2D eigenvalue weighted by molar-refractivity contribution is 0.447. The molecule has 6 nitrogen and oxygen atoms in total. The molecular formula is C18H20ClN3O3S. The Morgan fingerprint density at radius 3 is 2.88 bits per heavy atom. The molecule has 26 heavy (non-hydrogen) atoms. The van der Waals surface area contributed by atoms with Crippen LogP contribution in [0.3, 0.4) is 0 Å². The van der Waals surface area contributed by atoms with Crippen molar-refractivity contribution >= 4 is 39.1 Å². The van der Waals surface area contributed by atoms with Gasteiger partial charge in [-0.2, -0.15) is 0 Å². The standard InChI is InChI=1S/C18H19N3O3S.ClH/c19-13-8-9-14-12(10-13)4-3-6-16(14)21-25(22,23)11-17-15-5-1-2-7-18(15)24-20-17;/h1-2,5,7-10,16,21H,3-4,6,11,19H2;1H. The average Bonchev–Trinajstić information content (AvgIpc) is 2.97. The number of anilines is 1. The van der Waals surface area contributed by atoms with Gasteiger partial charge in [0.05, 0.1) is 0 Å². The van der Waals surface area contributed by atoms with E-state index < -0.39 is 10.0 Å². The number of para-hydroxylation sites is 1. The molecule has 1 atom stereocenters. The Morgan fingerprint density at radius 2 is 2.04 bits per heavy atom. The molecule has 2 aromatic carbocycles. The summed E-state index contributed by atoms with van der Waals surface area (Å²) in [6, 6.07) is 12.7. The van der Waals surface area contributed by atoms with Crippen LogP contribution in [0.2, 0.25) is 0 Å². The Bertz CT molecular complexity index is 1030. The van der Waals surface area contributed by atoms with E-state index in [0.29, 0.717) is 17.0 Å². The first-order valence-electron chi connectivity index (χ1n) is 8.23. The second-order valence-electron chi connectivity index (χ2n) is 6.41. The summed E-state index contributed by atoms with van der Waals surface area (Å²) in [5, 5.41) is 4.65. The largest absolute Gasteiger partial charge is 0.399 e. The van der Waals surface area contributed by atoms with Crippen molar-refractivity contribution in [1.29, 1.82) is 0 Å². The zero-order chi connectivity index (χ0) is 17.4. The van der Waals surface area contributed by atoms with Crippen molar-refractivity contribution < 1.29 is 12.9 Å². The van der Waals surface area contributed by atoms with E-state index >= 15 is 0 Å². The Labute approximate surface area is 158 Å². The molecular weight excluding hydrogens is 374 g/mol. The highest BCUT2D eigenvalue weighted by Crippen LogP contribution is 2.32. The lowest BCUT2D eigenvalue weighted by Crippen LogP contribution is -2.32. The van der Waals surface area contributed by atoms with E-state index in [1.165, 1.54) is 0 Å². The van der Waals surface area contributed by atoms with Gasteiger partial charge in [-0.3, -0.25) is 0 Å². The molecule has 4 rings (SSSR count). The van der Waals surface area contributed by atoms with Crippen LogP contribution in [0, 0.1) is 0 Å². The average molecular weight is 394 g/mol. The number of nitrogens with two attached hydrogens (primary N) is 1. The van der Waals surface area contributed by atoms with Gasteiger partial charge in [0, 0.05) is 17.1 Å². The van der Waals surface area contributed by atoms with Crippen LogP contribution in [-0.2, 0) is 22.2 Å². The number of rotatable bonds is 4. The van der Waals surface area contributed by atoms with Gasteiger partial charge in [-0.15, -0.1) is 12.4 Å². The third kappa shape index (κ3) is 3.70. The summed E-state index contributed by atoms with van der Waals surface area (Å²) in [7, 11) is -3.55. The van der Waals surface area contributed by atoms with Crippen LogP contribution < -0.4 is 10.5 Å². The molecule has 1 aromatic heterocycles. The lowest BCUT2D eigenvalue weighted by atomic mass is 9.88. The van der Waals surface area contributed by atoms with Gasteiger partial charge in [0.1, 0.15) is 11.4 Å². The Hall–Kier alpha value is -2.09. The number of aromatic nitrogens is 1. The zero-order valence-electron chi connectivity index (χ0n) is 14.0. The van der Waals surface area contributed by atoms with Gasteiger partial charge in [-0.25, -0.2) is 13.1 Å². The molecule has 0 saturated carbocycles. The minimum absolute atomic E-state index is 0. The number of nitrogen functional groups attached to an aromatic ring is 1. The molecule has 1 heterocycles. The number of nitrogens with one attached hydrogen (secondary N) is 1. The minimum atomic E-state index is -3.55. The van der Waals surface area contributed by atoms with Crippen molar-refractivity contribution in [2.45, 2.75) is 31.1 Å². The van der Waals surface area contributed by atoms with Crippen LogP contribution in [0.5, 0.6) is 0 Å². The van der Waals surface area contributed by atoms with Gasteiger partial charge in [0.2, 0.25) is 10.0 Å². The predicted molar refractivity (Wildman–Crippen MR) is 104 cm³/mol. The van der Waals surface area contributed by atoms with Gasteiger partial charge in [-0.1, -0.05) is 23.4 Å². The minimum Gasteiger partial charge on any atom is -0.399 e. The third-order valence-electron chi connectivity index (χ3n) is 4.58. The highest BCUT2D eigenvalue weighted by Gasteiger charge is 2.26. The maximum atomic E-state index is 12.7. The number of fused-ring (bicyclic) bond motifs is 2. The number of hydrogen-bond donors (Lipinski definition) is 2. The molecule has 138 valence electrons. The number of sulfonamides is 1. The van der Waals surface area contributed by atoms with Crippen molar-refractivity contribution in [2.24, 2.45) is 0 Å². The number of halogens is 1. The Morgan fingerprint density at radius 1 is 1.23 bits per heavy atom. The molecule has 0 bridgehead atoms. The smallest absolute Gasteiger partial charge is 0.218 e. The molecule has 0 fully saturated rings. The van der Waals surface area contributed by atoms with Crippen molar-refractivity contribution in [3.63, 3.8) is 0 Å². The maximum Gasteiger partial charge on any atom is 0.218 e. The number of nitrogens with zero attached hydrogens (tertiary/aromatic N) is 1. The molecule has 0 aliphatic heterocycles.